The van der Waals surface area contributed by atoms with Crippen LogP contribution in [0, 0.1) is 6.92 Å². The number of nitrogens with two attached hydrogens (primary N) is 1. The molecular formula is C13H21N3O4S. The fourth-order valence-electron chi connectivity index (χ4n) is 1.70. The number of anilines is 1. The summed E-state index contributed by atoms with van der Waals surface area (Å²) in [5, 5.41) is 10.6. The summed E-state index contributed by atoms with van der Waals surface area (Å²) in [6.07, 6.45) is 0.999. The van der Waals surface area contributed by atoms with Crippen molar-refractivity contribution in [2.45, 2.75) is 31.1 Å². The zero-order valence-electron chi connectivity index (χ0n) is 11.9. The molecule has 0 heterocycles. The predicted molar refractivity (Wildman–Crippen MR) is 80.7 cm³/mol. The molecule has 0 radical (unpaired) electrons. The highest BCUT2D eigenvalue weighted by Gasteiger charge is 2.13. The number of unbranched alkanes of at least 4 members (excludes halogenated alkanes) is 2. The van der Waals surface area contributed by atoms with E-state index in [0.717, 1.165) is 12.0 Å². The maximum Gasteiger partial charge on any atom is 0.404 e. The summed E-state index contributed by atoms with van der Waals surface area (Å²) in [6, 6.07) is 4.63. The number of hydrogen-bond donors (Lipinski definition) is 4. The van der Waals surface area contributed by atoms with Gasteiger partial charge in [0, 0.05) is 18.8 Å². The highest BCUT2D eigenvalue weighted by Crippen LogP contribution is 2.16. The molecule has 0 saturated carbocycles. The van der Waals surface area contributed by atoms with Gasteiger partial charge in [-0.2, -0.15) is 0 Å². The normalized spacial score (nSPS) is 11.3. The van der Waals surface area contributed by atoms with Crippen molar-refractivity contribution < 1.29 is 18.3 Å². The highest BCUT2D eigenvalue weighted by atomic mass is 32.2. The smallest absolute Gasteiger partial charge is 0.404 e. The minimum Gasteiger partial charge on any atom is -0.465 e. The van der Waals surface area contributed by atoms with E-state index in [1.54, 1.807) is 6.07 Å². The topological polar surface area (TPSA) is 122 Å². The summed E-state index contributed by atoms with van der Waals surface area (Å²) < 4.78 is 26.5. The van der Waals surface area contributed by atoms with Crippen LogP contribution >= 0.6 is 0 Å². The first-order valence-electron chi connectivity index (χ1n) is 6.65. The fraction of sp³-hybridized carbons (Fsp3) is 0.462. The molecule has 0 fully saturated rings. The van der Waals surface area contributed by atoms with E-state index < -0.39 is 16.1 Å². The van der Waals surface area contributed by atoms with Crippen molar-refractivity contribution in [1.82, 2.24) is 10.0 Å². The largest absolute Gasteiger partial charge is 0.465 e. The number of nitrogens with one attached hydrogen (secondary N) is 2. The van der Waals surface area contributed by atoms with Crippen LogP contribution in [0.5, 0.6) is 0 Å². The van der Waals surface area contributed by atoms with E-state index in [1.807, 2.05) is 6.92 Å². The number of nitrogen functional groups attached to an aromatic ring is 1. The Labute approximate surface area is 124 Å². The monoisotopic (exact) mass is 315 g/mol. The van der Waals surface area contributed by atoms with Crippen molar-refractivity contribution in [3.8, 4) is 0 Å². The average Bonchev–Trinajstić information content (AvgIpc) is 2.40. The minimum atomic E-state index is -3.55. The van der Waals surface area contributed by atoms with Crippen LogP contribution < -0.4 is 15.8 Å². The Kier molecular flexibility index (Phi) is 6.44. The number of carboxylic acid groups (broad SMARTS) is 1. The Hall–Kier alpha value is -1.80. The fourth-order valence-corrected chi connectivity index (χ4v) is 2.81. The quantitative estimate of drug-likeness (QED) is 0.425. The lowest BCUT2D eigenvalue weighted by Crippen LogP contribution is -2.25. The summed E-state index contributed by atoms with van der Waals surface area (Å²) >= 11 is 0. The van der Waals surface area contributed by atoms with Crippen molar-refractivity contribution in [1.29, 1.82) is 0 Å². The average molecular weight is 315 g/mol. The van der Waals surface area contributed by atoms with Crippen molar-refractivity contribution in [2.75, 3.05) is 18.8 Å². The Morgan fingerprint density at radius 2 is 1.90 bits per heavy atom. The number of carbonyl (C=O) groups is 1. The SMILES string of the molecule is Cc1ccc(S(=O)(=O)NCCCCCNC(=O)O)cc1N. The van der Waals surface area contributed by atoms with Gasteiger partial charge in [-0.1, -0.05) is 12.5 Å². The van der Waals surface area contributed by atoms with Crippen LogP contribution in [0.25, 0.3) is 0 Å². The molecule has 118 valence electrons. The van der Waals surface area contributed by atoms with Gasteiger partial charge in [0.1, 0.15) is 0 Å². The second kappa shape index (κ2) is 7.84. The molecule has 1 aromatic carbocycles. The van der Waals surface area contributed by atoms with Gasteiger partial charge in [-0.3, -0.25) is 0 Å². The van der Waals surface area contributed by atoms with E-state index in [9.17, 15) is 13.2 Å². The lowest BCUT2D eigenvalue weighted by molar-refractivity contribution is 0.194. The van der Waals surface area contributed by atoms with Gasteiger partial charge in [-0.05, 0) is 37.5 Å². The third-order valence-corrected chi connectivity index (χ3v) is 4.44. The molecule has 1 amide bonds. The molecule has 0 aromatic heterocycles. The van der Waals surface area contributed by atoms with Crippen LogP contribution in [0.15, 0.2) is 23.1 Å². The van der Waals surface area contributed by atoms with Gasteiger partial charge in [0.15, 0.2) is 0 Å². The molecule has 7 nitrogen and oxygen atoms in total. The summed E-state index contributed by atoms with van der Waals surface area (Å²) in [5.41, 5.74) is 6.98. The van der Waals surface area contributed by atoms with Crippen LogP contribution in [0.1, 0.15) is 24.8 Å². The van der Waals surface area contributed by atoms with Crippen LogP contribution in [0.4, 0.5) is 10.5 Å². The number of hydrogen-bond acceptors (Lipinski definition) is 4. The third kappa shape index (κ3) is 6.01. The zero-order valence-corrected chi connectivity index (χ0v) is 12.7. The molecule has 1 rings (SSSR count). The van der Waals surface area contributed by atoms with Crippen LogP contribution in [-0.4, -0.2) is 32.7 Å². The van der Waals surface area contributed by atoms with Crippen LogP contribution in [0.2, 0.25) is 0 Å². The van der Waals surface area contributed by atoms with Crippen molar-refractivity contribution in [2.24, 2.45) is 0 Å². The first kappa shape index (κ1) is 17.3. The minimum absolute atomic E-state index is 0.151. The van der Waals surface area contributed by atoms with E-state index >= 15 is 0 Å². The Balaban J connectivity index is 2.36. The predicted octanol–water partition coefficient (Wildman–Crippen LogP) is 1.29. The van der Waals surface area contributed by atoms with Crippen LogP contribution in [-0.2, 0) is 10.0 Å². The van der Waals surface area contributed by atoms with Gasteiger partial charge >= 0.3 is 6.09 Å². The molecular weight excluding hydrogens is 294 g/mol. The number of benzene rings is 1. The number of aryl methyl sites for hydroxylation is 1. The van der Waals surface area contributed by atoms with Crippen molar-refractivity contribution >= 4 is 21.8 Å². The number of sulfonamides is 1. The van der Waals surface area contributed by atoms with E-state index in [1.165, 1.54) is 12.1 Å². The molecule has 0 aliphatic heterocycles. The first-order valence-corrected chi connectivity index (χ1v) is 8.14. The maximum absolute atomic E-state index is 12.0. The van der Waals surface area contributed by atoms with Gasteiger partial charge in [0.2, 0.25) is 10.0 Å². The summed E-state index contributed by atoms with van der Waals surface area (Å²) in [6.45, 7) is 2.49. The van der Waals surface area contributed by atoms with Gasteiger partial charge in [0.25, 0.3) is 0 Å². The van der Waals surface area contributed by atoms with Gasteiger partial charge in [-0.25, -0.2) is 17.9 Å². The van der Waals surface area contributed by atoms with E-state index in [2.05, 4.69) is 10.0 Å². The second-order valence-electron chi connectivity index (χ2n) is 4.71. The van der Waals surface area contributed by atoms with Crippen molar-refractivity contribution in [3.05, 3.63) is 23.8 Å². The Morgan fingerprint density at radius 1 is 1.24 bits per heavy atom. The van der Waals surface area contributed by atoms with Gasteiger partial charge < -0.3 is 16.2 Å². The van der Waals surface area contributed by atoms with E-state index in [4.69, 9.17) is 10.8 Å². The van der Waals surface area contributed by atoms with Crippen molar-refractivity contribution in [3.63, 3.8) is 0 Å². The van der Waals surface area contributed by atoms with E-state index in [0.29, 0.717) is 31.6 Å². The molecule has 0 atom stereocenters. The van der Waals surface area contributed by atoms with E-state index in [-0.39, 0.29) is 4.90 Å². The first-order chi connectivity index (χ1) is 9.83. The molecule has 5 N–H and O–H groups in total. The molecule has 0 saturated heterocycles. The lowest BCUT2D eigenvalue weighted by atomic mass is 10.2. The Bertz CT molecular complexity index is 587. The maximum atomic E-state index is 12.0. The molecule has 21 heavy (non-hydrogen) atoms. The summed E-state index contributed by atoms with van der Waals surface area (Å²) in [5.74, 6) is 0. The lowest BCUT2D eigenvalue weighted by Gasteiger charge is -2.08. The molecule has 1 aromatic rings. The number of amides is 1. The summed E-state index contributed by atoms with van der Waals surface area (Å²) in [4.78, 5) is 10.4. The molecule has 0 aliphatic rings. The third-order valence-electron chi connectivity index (χ3n) is 2.98. The Morgan fingerprint density at radius 3 is 2.52 bits per heavy atom. The second-order valence-corrected chi connectivity index (χ2v) is 6.48. The zero-order chi connectivity index (χ0) is 15.9. The standard InChI is InChI=1S/C13H21N3O4S/c1-10-5-6-11(9-12(10)14)21(19,20)16-8-4-2-3-7-15-13(17)18/h5-6,9,15-16H,2-4,7-8,14H2,1H3,(H,17,18). The molecule has 0 spiro atoms. The molecule has 8 heteroatoms. The van der Waals surface area contributed by atoms with Gasteiger partial charge in [-0.15, -0.1) is 0 Å². The summed E-state index contributed by atoms with van der Waals surface area (Å²) in [7, 11) is -3.55. The molecule has 0 bridgehead atoms. The molecule has 0 aliphatic carbocycles. The molecule has 0 unspecified atom stereocenters. The highest BCUT2D eigenvalue weighted by molar-refractivity contribution is 7.89. The number of rotatable bonds is 8. The van der Waals surface area contributed by atoms with Crippen LogP contribution in [0.3, 0.4) is 0 Å². The van der Waals surface area contributed by atoms with Gasteiger partial charge in [0.05, 0.1) is 4.90 Å².